The van der Waals surface area contributed by atoms with Crippen LogP contribution in [0.2, 0.25) is 0 Å². The van der Waals surface area contributed by atoms with Crippen molar-refractivity contribution in [3.8, 4) is 0 Å². The van der Waals surface area contributed by atoms with Crippen molar-refractivity contribution in [1.29, 1.82) is 0 Å². The number of amides is 1. The molecular formula is C12H15BrFNO2S. The molecule has 0 bridgehead atoms. The van der Waals surface area contributed by atoms with Gasteiger partial charge in [0.1, 0.15) is 5.82 Å². The summed E-state index contributed by atoms with van der Waals surface area (Å²) >= 11 is 3.21. The van der Waals surface area contributed by atoms with Crippen molar-refractivity contribution in [3.63, 3.8) is 0 Å². The minimum Gasteiger partial charge on any atom is -0.350 e. The summed E-state index contributed by atoms with van der Waals surface area (Å²) in [6.07, 6.45) is 2.25. The van der Waals surface area contributed by atoms with Crippen LogP contribution < -0.4 is 5.32 Å². The minimum absolute atomic E-state index is 0.100. The van der Waals surface area contributed by atoms with Crippen molar-refractivity contribution in [3.05, 3.63) is 34.1 Å². The molecule has 1 aromatic carbocycles. The first-order chi connectivity index (χ1) is 8.40. The molecule has 0 aliphatic carbocycles. The Kier molecular flexibility index (Phi) is 5.95. The summed E-state index contributed by atoms with van der Waals surface area (Å²) < 4.78 is 24.6. The Hall–Kier alpha value is -0.750. The summed E-state index contributed by atoms with van der Waals surface area (Å²) in [5.74, 6) is -0.257. The zero-order valence-electron chi connectivity index (χ0n) is 10.2. The summed E-state index contributed by atoms with van der Waals surface area (Å²) in [4.78, 5) is 11.9. The van der Waals surface area contributed by atoms with Gasteiger partial charge in [-0.25, -0.2) is 4.39 Å². The van der Waals surface area contributed by atoms with E-state index in [0.717, 1.165) is 0 Å². The van der Waals surface area contributed by atoms with Gasteiger partial charge in [-0.2, -0.15) is 0 Å². The van der Waals surface area contributed by atoms with Gasteiger partial charge in [0.2, 0.25) is 0 Å². The fourth-order valence-corrected chi connectivity index (χ4v) is 2.50. The molecule has 2 atom stereocenters. The maximum Gasteiger partial charge on any atom is 0.252 e. The largest absolute Gasteiger partial charge is 0.350 e. The highest BCUT2D eigenvalue weighted by molar-refractivity contribution is 9.10. The summed E-state index contributed by atoms with van der Waals surface area (Å²) in [6.45, 7) is 1.83. The van der Waals surface area contributed by atoms with E-state index in [1.165, 1.54) is 18.2 Å². The smallest absolute Gasteiger partial charge is 0.252 e. The Labute approximate surface area is 117 Å². The van der Waals surface area contributed by atoms with E-state index >= 15 is 0 Å². The van der Waals surface area contributed by atoms with Crippen LogP contribution in [0.5, 0.6) is 0 Å². The normalized spacial score (nSPS) is 14.0. The van der Waals surface area contributed by atoms with Gasteiger partial charge in [0.25, 0.3) is 5.91 Å². The standard InChI is InChI=1S/C12H15BrFNO2S/c1-8(5-6-18(2)17)15-12(16)10-7-9(14)3-4-11(10)13/h3-4,7-8H,5-6H2,1-2H3,(H,15,16). The number of hydrogen-bond acceptors (Lipinski definition) is 2. The molecule has 1 aromatic rings. The molecule has 1 rings (SSSR count). The minimum atomic E-state index is -0.874. The van der Waals surface area contributed by atoms with Crippen LogP contribution in [0.25, 0.3) is 0 Å². The fraction of sp³-hybridized carbons (Fsp3) is 0.417. The molecule has 3 nitrogen and oxygen atoms in total. The van der Waals surface area contributed by atoms with Gasteiger partial charge in [-0.1, -0.05) is 0 Å². The predicted molar refractivity (Wildman–Crippen MR) is 74.6 cm³/mol. The number of carbonyl (C=O) groups excluding carboxylic acids is 1. The number of benzene rings is 1. The maximum absolute atomic E-state index is 13.1. The number of nitrogens with one attached hydrogen (secondary N) is 1. The van der Waals surface area contributed by atoms with Crippen LogP contribution in [-0.2, 0) is 10.8 Å². The summed E-state index contributed by atoms with van der Waals surface area (Å²) in [6, 6.07) is 3.86. The third kappa shape index (κ3) is 4.86. The average molecular weight is 336 g/mol. The van der Waals surface area contributed by atoms with E-state index in [-0.39, 0.29) is 17.5 Å². The molecule has 1 N–H and O–H groups in total. The highest BCUT2D eigenvalue weighted by atomic mass is 79.9. The third-order valence-electron chi connectivity index (χ3n) is 2.39. The van der Waals surface area contributed by atoms with Crippen molar-refractivity contribution >= 4 is 32.6 Å². The number of halogens is 2. The van der Waals surface area contributed by atoms with Crippen LogP contribution in [0.1, 0.15) is 23.7 Å². The van der Waals surface area contributed by atoms with Crippen molar-refractivity contribution < 1.29 is 13.4 Å². The molecule has 100 valence electrons. The van der Waals surface area contributed by atoms with Crippen LogP contribution >= 0.6 is 15.9 Å². The van der Waals surface area contributed by atoms with Crippen LogP contribution in [0.4, 0.5) is 4.39 Å². The van der Waals surface area contributed by atoms with Gasteiger partial charge in [-0.3, -0.25) is 9.00 Å². The molecule has 2 unspecified atom stereocenters. The Morgan fingerprint density at radius 1 is 1.56 bits per heavy atom. The monoisotopic (exact) mass is 335 g/mol. The van der Waals surface area contributed by atoms with E-state index in [1.54, 1.807) is 6.26 Å². The molecular weight excluding hydrogens is 321 g/mol. The molecule has 0 aliphatic rings. The zero-order valence-corrected chi connectivity index (χ0v) is 12.6. The first-order valence-electron chi connectivity index (χ1n) is 5.46. The highest BCUT2D eigenvalue weighted by Crippen LogP contribution is 2.17. The average Bonchev–Trinajstić information content (AvgIpc) is 2.29. The lowest BCUT2D eigenvalue weighted by Gasteiger charge is -2.13. The van der Waals surface area contributed by atoms with Crippen LogP contribution in [-0.4, -0.2) is 28.2 Å². The van der Waals surface area contributed by atoms with Gasteiger partial charge in [0.05, 0.1) is 5.56 Å². The van der Waals surface area contributed by atoms with Gasteiger partial charge < -0.3 is 5.32 Å². The topological polar surface area (TPSA) is 46.2 Å². The maximum atomic E-state index is 13.1. The molecule has 0 spiro atoms. The van der Waals surface area contributed by atoms with E-state index in [2.05, 4.69) is 21.2 Å². The summed E-state index contributed by atoms with van der Waals surface area (Å²) in [5.41, 5.74) is 0.263. The molecule has 0 heterocycles. The molecule has 0 aromatic heterocycles. The van der Waals surface area contributed by atoms with Crippen LogP contribution in [0.15, 0.2) is 22.7 Å². The Morgan fingerprint density at radius 3 is 2.83 bits per heavy atom. The molecule has 0 radical (unpaired) electrons. The highest BCUT2D eigenvalue weighted by Gasteiger charge is 2.13. The fourth-order valence-electron chi connectivity index (χ4n) is 1.39. The molecule has 6 heteroatoms. The number of carbonyl (C=O) groups is 1. The quantitative estimate of drug-likeness (QED) is 0.898. The van der Waals surface area contributed by atoms with Gasteiger partial charge >= 0.3 is 0 Å². The second-order valence-corrected chi connectivity index (χ2v) is 6.47. The van der Waals surface area contributed by atoms with E-state index in [9.17, 15) is 13.4 Å². The predicted octanol–water partition coefficient (Wildman–Crippen LogP) is 2.48. The number of hydrogen-bond donors (Lipinski definition) is 1. The van der Waals surface area contributed by atoms with Gasteiger partial charge in [0, 0.05) is 33.3 Å². The number of rotatable bonds is 5. The van der Waals surface area contributed by atoms with Crippen molar-refractivity contribution in [2.75, 3.05) is 12.0 Å². The van der Waals surface area contributed by atoms with Crippen molar-refractivity contribution in [2.45, 2.75) is 19.4 Å². The SMILES string of the molecule is CC(CCS(C)=O)NC(=O)c1cc(F)ccc1Br. The van der Waals surface area contributed by atoms with Crippen molar-refractivity contribution in [2.24, 2.45) is 0 Å². The lowest BCUT2D eigenvalue weighted by atomic mass is 10.2. The summed E-state index contributed by atoms with van der Waals surface area (Å²) in [5, 5.41) is 2.75. The van der Waals surface area contributed by atoms with Gasteiger partial charge in [-0.05, 0) is 47.5 Å². The first kappa shape index (κ1) is 15.3. The second-order valence-electron chi connectivity index (χ2n) is 4.06. The molecule has 18 heavy (non-hydrogen) atoms. The third-order valence-corrected chi connectivity index (χ3v) is 3.89. The molecule has 0 aliphatic heterocycles. The van der Waals surface area contributed by atoms with E-state index < -0.39 is 16.6 Å². The van der Waals surface area contributed by atoms with Crippen LogP contribution in [0.3, 0.4) is 0 Å². The lowest BCUT2D eigenvalue weighted by molar-refractivity contribution is 0.0938. The molecule has 0 saturated carbocycles. The Morgan fingerprint density at radius 2 is 2.22 bits per heavy atom. The Balaban J connectivity index is 2.64. The second kappa shape index (κ2) is 6.99. The van der Waals surface area contributed by atoms with Gasteiger partial charge in [-0.15, -0.1) is 0 Å². The van der Waals surface area contributed by atoms with E-state index in [1.807, 2.05) is 6.92 Å². The lowest BCUT2D eigenvalue weighted by Crippen LogP contribution is -2.33. The molecule has 1 amide bonds. The zero-order chi connectivity index (χ0) is 13.7. The van der Waals surface area contributed by atoms with E-state index in [0.29, 0.717) is 16.6 Å². The van der Waals surface area contributed by atoms with Crippen LogP contribution in [0, 0.1) is 5.82 Å². The molecule has 0 fully saturated rings. The van der Waals surface area contributed by atoms with E-state index in [4.69, 9.17) is 0 Å². The Bertz CT molecular complexity index is 467. The molecule has 0 saturated heterocycles. The van der Waals surface area contributed by atoms with Gasteiger partial charge in [0.15, 0.2) is 0 Å². The van der Waals surface area contributed by atoms with Crippen molar-refractivity contribution in [1.82, 2.24) is 5.32 Å². The summed E-state index contributed by atoms with van der Waals surface area (Å²) in [7, 11) is -0.874. The first-order valence-corrected chi connectivity index (χ1v) is 7.98.